The van der Waals surface area contributed by atoms with Crippen molar-refractivity contribution in [3.05, 3.63) is 88.1 Å². The molecule has 1 atom stereocenters. The summed E-state index contributed by atoms with van der Waals surface area (Å²) in [7, 11) is 0. The lowest BCUT2D eigenvalue weighted by atomic mass is 9.98. The standard InChI is InChI=1S/C33H37ClN4O5/c1-22-17-28(6-7-29(22)32(39)40)43-31-8-5-23(19-35-31)20-36-13-9-27(10-14-36)38-30(24-3-2-4-25(34)18-24)21-37(33(38)41)26-11-15-42-16-12-26/h2-8,17-19,26-27,30H,9-16,20-21H2,1H3,(H,39,40). The van der Waals surface area contributed by atoms with Gasteiger partial charge in [0.05, 0.1) is 11.6 Å². The van der Waals surface area contributed by atoms with Gasteiger partial charge in [0.15, 0.2) is 0 Å². The first-order chi connectivity index (χ1) is 20.9. The number of hydrogen-bond donors (Lipinski definition) is 1. The number of amides is 2. The number of piperidine rings is 1. The van der Waals surface area contributed by atoms with E-state index in [1.54, 1.807) is 25.1 Å². The molecule has 226 valence electrons. The number of carboxylic acid groups (broad SMARTS) is 1. The molecule has 1 aromatic heterocycles. The highest BCUT2D eigenvalue weighted by Gasteiger charge is 2.45. The van der Waals surface area contributed by atoms with E-state index in [1.165, 1.54) is 0 Å². The number of benzene rings is 2. The van der Waals surface area contributed by atoms with E-state index < -0.39 is 5.97 Å². The van der Waals surface area contributed by atoms with Crippen LogP contribution in [0.15, 0.2) is 60.8 Å². The van der Waals surface area contributed by atoms with E-state index in [9.17, 15) is 14.7 Å². The molecule has 2 aromatic carbocycles. The summed E-state index contributed by atoms with van der Waals surface area (Å²) in [6, 6.07) is 17.2. The Kier molecular flexibility index (Phi) is 8.83. The maximum atomic E-state index is 13.9. The van der Waals surface area contributed by atoms with Crippen LogP contribution in [0.2, 0.25) is 5.02 Å². The number of ether oxygens (including phenoxy) is 2. The average molecular weight is 605 g/mol. The van der Waals surface area contributed by atoms with Crippen molar-refractivity contribution in [1.82, 2.24) is 19.7 Å². The van der Waals surface area contributed by atoms with E-state index in [0.717, 1.165) is 56.4 Å². The van der Waals surface area contributed by atoms with Crippen LogP contribution in [0.3, 0.4) is 0 Å². The maximum Gasteiger partial charge on any atom is 0.335 e. The summed E-state index contributed by atoms with van der Waals surface area (Å²) in [5.41, 5.74) is 3.07. The van der Waals surface area contributed by atoms with Gasteiger partial charge in [-0.2, -0.15) is 0 Å². The Labute approximate surface area is 257 Å². The summed E-state index contributed by atoms with van der Waals surface area (Å²) in [6.07, 6.45) is 5.41. The monoisotopic (exact) mass is 604 g/mol. The molecular weight excluding hydrogens is 568 g/mol. The van der Waals surface area contributed by atoms with Crippen molar-refractivity contribution in [2.75, 3.05) is 32.8 Å². The van der Waals surface area contributed by atoms with Gasteiger partial charge in [0, 0.05) is 68.8 Å². The number of hydrogen-bond acceptors (Lipinski definition) is 6. The zero-order valence-corrected chi connectivity index (χ0v) is 25.1. The quantitative estimate of drug-likeness (QED) is 0.329. The minimum atomic E-state index is -0.958. The molecule has 1 unspecified atom stereocenters. The SMILES string of the molecule is Cc1cc(Oc2ccc(CN3CCC(N4C(=O)N(C5CCOCC5)CC4c4cccc(Cl)c4)CC3)cn2)ccc1C(=O)O. The van der Waals surface area contributed by atoms with Crippen molar-refractivity contribution >= 4 is 23.6 Å². The normalized spacial score (nSPS) is 20.5. The molecule has 0 aliphatic carbocycles. The largest absolute Gasteiger partial charge is 0.478 e. The van der Waals surface area contributed by atoms with Crippen molar-refractivity contribution in [2.45, 2.75) is 57.3 Å². The number of likely N-dealkylation sites (tertiary alicyclic amines) is 1. The number of aromatic carboxylic acids is 1. The van der Waals surface area contributed by atoms with Crippen LogP contribution in [-0.4, -0.2) is 81.7 Å². The van der Waals surface area contributed by atoms with E-state index in [0.29, 0.717) is 42.0 Å². The van der Waals surface area contributed by atoms with Crippen molar-refractivity contribution in [3.8, 4) is 11.6 Å². The van der Waals surface area contributed by atoms with Gasteiger partial charge in [-0.1, -0.05) is 29.8 Å². The minimum Gasteiger partial charge on any atom is -0.478 e. The molecule has 0 saturated carbocycles. The molecule has 43 heavy (non-hydrogen) atoms. The fourth-order valence-corrected chi connectivity index (χ4v) is 6.76. The smallest absolute Gasteiger partial charge is 0.335 e. The second-order valence-corrected chi connectivity index (χ2v) is 12.1. The Morgan fingerprint density at radius 1 is 1.05 bits per heavy atom. The summed E-state index contributed by atoms with van der Waals surface area (Å²) < 4.78 is 11.4. The van der Waals surface area contributed by atoms with Gasteiger partial charge in [0.25, 0.3) is 0 Å². The molecule has 9 nitrogen and oxygen atoms in total. The van der Waals surface area contributed by atoms with Gasteiger partial charge in [0.2, 0.25) is 5.88 Å². The number of carbonyl (C=O) groups excluding carboxylic acids is 1. The highest BCUT2D eigenvalue weighted by atomic mass is 35.5. The molecule has 3 saturated heterocycles. The van der Waals surface area contributed by atoms with Crippen molar-refractivity contribution in [3.63, 3.8) is 0 Å². The zero-order valence-electron chi connectivity index (χ0n) is 24.3. The summed E-state index contributed by atoms with van der Waals surface area (Å²) in [5, 5.41) is 9.93. The molecule has 4 heterocycles. The van der Waals surface area contributed by atoms with Crippen molar-refractivity contribution in [2.24, 2.45) is 0 Å². The number of pyridine rings is 1. The Bertz CT molecular complexity index is 1450. The van der Waals surface area contributed by atoms with Crippen LogP contribution < -0.4 is 4.74 Å². The van der Waals surface area contributed by atoms with Crippen LogP contribution >= 0.6 is 11.6 Å². The van der Waals surface area contributed by atoms with Gasteiger partial charge in [0.1, 0.15) is 5.75 Å². The molecule has 1 N–H and O–H groups in total. The van der Waals surface area contributed by atoms with Gasteiger partial charge in [-0.05, 0) is 79.6 Å². The van der Waals surface area contributed by atoms with E-state index in [4.69, 9.17) is 21.1 Å². The number of aryl methyl sites for hydroxylation is 1. The van der Waals surface area contributed by atoms with Crippen LogP contribution in [0, 0.1) is 6.92 Å². The molecule has 10 heteroatoms. The van der Waals surface area contributed by atoms with E-state index in [-0.39, 0.29) is 29.7 Å². The first kappa shape index (κ1) is 29.4. The predicted molar refractivity (Wildman–Crippen MR) is 163 cm³/mol. The molecule has 3 aliphatic rings. The number of halogens is 1. The number of carbonyl (C=O) groups is 2. The predicted octanol–water partition coefficient (Wildman–Crippen LogP) is 6.16. The fourth-order valence-electron chi connectivity index (χ4n) is 6.57. The lowest BCUT2D eigenvalue weighted by Gasteiger charge is -2.39. The summed E-state index contributed by atoms with van der Waals surface area (Å²) in [6.45, 7) is 6.39. The highest BCUT2D eigenvalue weighted by molar-refractivity contribution is 6.30. The van der Waals surface area contributed by atoms with Gasteiger partial charge < -0.3 is 24.4 Å². The lowest BCUT2D eigenvalue weighted by Crippen LogP contribution is -2.48. The van der Waals surface area contributed by atoms with Crippen LogP contribution in [0.25, 0.3) is 0 Å². The lowest BCUT2D eigenvalue weighted by molar-refractivity contribution is 0.0493. The maximum absolute atomic E-state index is 13.9. The molecule has 2 amide bonds. The second-order valence-electron chi connectivity index (χ2n) is 11.7. The number of urea groups is 1. The molecule has 3 aliphatic heterocycles. The van der Waals surface area contributed by atoms with E-state index in [2.05, 4.69) is 25.8 Å². The van der Waals surface area contributed by atoms with E-state index in [1.807, 2.05) is 36.5 Å². The van der Waals surface area contributed by atoms with Crippen LogP contribution in [-0.2, 0) is 11.3 Å². The highest BCUT2D eigenvalue weighted by Crippen LogP contribution is 2.38. The summed E-state index contributed by atoms with van der Waals surface area (Å²) in [5.74, 6) is 0.0480. The Morgan fingerprint density at radius 3 is 2.51 bits per heavy atom. The van der Waals surface area contributed by atoms with Gasteiger partial charge in [-0.15, -0.1) is 0 Å². The first-order valence-corrected chi connectivity index (χ1v) is 15.3. The molecule has 6 rings (SSSR count). The van der Waals surface area contributed by atoms with Crippen LogP contribution in [0.1, 0.15) is 58.8 Å². The van der Waals surface area contributed by atoms with Crippen molar-refractivity contribution in [1.29, 1.82) is 0 Å². The molecular formula is C33H37ClN4O5. The van der Waals surface area contributed by atoms with Crippen LogP contribution in [0.5, 0.6) is 11.6 Å². The third kappa shape index (κ3) is 6.64. The number of rotatable bonds is 8. The molecule has 0 spiro atoms. The number of nitrogens with zero attached hydrogens (tertiary/aromatic N) is 4. The second kappa shape index (κ2) is 12.9. The Morgan fingerprint density at radius 2 is 1.84 bits per heavy atom. The fraction of sp³-hybridized carbons (Fsp3) is 0.424. The molecule has 0 radical (unpaired) electrons. The Balaban J connectivity index is 1.08. The van der Waals surface area contributed by atoms with Gasteiger partial charge in [-0.3, -0.25) is 4.90 Å². The third-order valence-electron chi connectivity index (χ3n) is 8.84. The first-order valence-electron chi connectivity index (χ1n) is 15.0. The van der Waals surface area contributed by atoms with Crippen LogP contribution in [0.4, 0.5) is 4.79 Å². The number of aromatic nitrogens is 1. The Hall–Kier alpha value is -3.66. The molecule has 3 fully saturated rings. The third-order valence-corrected chi connectivity index (χ3v) is 9.08. The zero-order chi connectivity index (χ0) is 29.9. The van der Waals surface area contributed by atoms with Gasteiger partial charge >= 0.3 is 12.0 Å². The minimum absolute atomic E-state index is 0.00791. The van der Waals surface area contributed by atoms with Crippen molar-refractivity contribution < 1.29 is 24.2 Å². The summed E-state index contributed by atoms with van der Waals surface area (Å²) >= 11 is 6.37. The topological polar surface area (TPSA) is 95.4 Å². The molecule has 0 bridgehead atoms. The molecule has 3 aromatic rings. The average Bonchev–Trinajstić information content (AvgIpc) is 3.36. The van der Waals surface area contributed by atoms with E-state index >= 15 is 0 Å². The summed E-state index contributed by atoms with van der Waals surface area (Å²) in [4.78, 5) is 36.3. The number of carboxylic acids is 1. The van der Waals surface area contributed by atoms with Gasteiger partial charge in [-0.25, -0.2) is 14.6 Å².